The number of sulfone groups is 1. The number of hydrogen-bond acceptors (Lipinski definition) is 6. The van der Waals surface area contributed by atoms with Crippen molar-refractivity contribution < 1.29 is 12.9 Å². The van der Waals surface area contributed by atoms with Crippen molar-refractivity contribution in [2.75, 3.05) is 12.0 Å². The Morgan fingerprint density at radius 2 is 2.11 bits per heavy atom. The largest absolute Gasteiger partial charge is 0.399 e. The summed E-state index contributed by atoms with van der Waals surface area (Å²) in [6.07, 6.45) is 1.12. The maximum atomic E-state index is 11.1. The molecule has 6 nitrogen and oxygen atoms in total. The van der Waals surface area contributed by atoms with Crippen LogP contribution in [0.1, 0.15) is 11.4 Å². The molecule has 0 bridgehead atoms. The Balaban J connectivity index is 2.35. The van der Waals surface area contributed by atoms with Crippen LogP contribution in [0.15, 0.2) is 22.7 Å². The summed E-state index contributed by atoms with van der Waals surface area (Å²) in [6, 6.07) is 5.28. The topological polar surface area (TPSA) is 99.1 Å². The lowest BCUT2D eigenvalue weighted by Gasteiger charge is -2.01. The van der Waals surface area contributed by atoms with Crippen LogP contribution in [0.25, 0.3) is 11.5 Å². The van der Waals surface area contributed by atoms with Crippen LogP contribution in [-0.4, -0.2) is 24.8 Å². The SMILES string of the molecule is Cc1cc(N)ccc1-c1nc(CS(C)(=O)=O)no1. The standard InChI is InChI=1S/C11H13N3O3S/c1-7-5-8(12)3-4-9(7)11-13-10(14-17-11)6-18(2,15)16/h3-5H,6,12H2,1-2H3. The number of aromatic nitrogens is 2. The molecule has 96 valence electrons. The van der Waals surface area contributed by atoms with E-state index < -0.39 is 9.84 Å². The fraction of sp³-hybridized carbons (Fsp3) is 0.273. The molecule has 0 spiro atoms. The first-order valence-corrected chi connectivity index (χ1v) is 7.28. The van der Waals surface area contributed by atoms with E-state index in [4.69, 9.17) is 10.3 Å². The molecule has 7 heteroatoms. The van der Waals surface area contributed by atoms with E-state index in [2.05, 4.69) is 10.1 Å². The minimum absolute atomic E-state index is 0.156. The summed E-state index contributed by atoms with van der Waals surface area (Å²) in [6.45, 7) is 1.87. The van der Waals surface area contributed by atoms with E-state index in [1.54, 1.807) is 18.2 Å². The molecule has 2 aromatic rings. The van der Waals surface area contributed by atoms with Crippen molar-refractivity contribution in [3.05, 3.63) is 29.6 Å². The first-order chi connectivity index (χ1) is 8.35. The van der Waals surface area contributed by atoms with Crippen molar-refractivity contribution in [1.29, 1.82) is 0 Å². The zero-order chi connectivity index (χ0) is 13.3. The van der Waals surface area contributed by atoms with E-state index in [1.165, 1.54) is 0 Å². The van der Waals surface area contributed by atoms with Crippen LogP contribution in [0, 0.1) is 6.92 Å². The highest BCUT2D eigenvalue weighted by Gasteiger charge is 2.14. The van der Waals surface area contributed by atoms with Gasteiger partial charge >= 0.3 is 0 Å². The Hall–Kier alpha value is -1.89. The van der Waals surface area contributed by atoms with Gasteiger partial charge in [0.25, 0.3) is 5.89 Å². The van der Waals surface area contributed by atoms with E-state index in [0.717, 1.165) is 17.4 Å². The summed E-state index contributed by atoms with van der Waals surface area (Å²) in [4.78, 5) is 4.06. The van der Waals surface area contributed by atoms with Crippen LogP contribution in [0.4, 0.5) is 5.69 Å². The third-order valence-corrected chi connectivity index (χ3v) is 3.12. The van der Waals surface area contributed by atoms with Crippen molar-refractivity contribution in [2.24, 2.45) is 0 Å². The van der Waals surface area contributed by atoms with Crippen molar-refractivity contribution >= 4 is 15.5 Å². The summed E-state index contributed by atoms with van der Waals surface area (Å²) in [7, 11) is -3.17. The normalized spacial score (nSPS) is 11.7. The smallest absolute Gasteiger partial charge is 0.258 e. The number of benzene rings is 1. The van der Waals surface area contributed by atoms with E-state index in [-0.39, 0.29) is 11.6 Å². The summed E-state index contributed by atoms with van der Waals surface area (Å²) >= 11 is 0. The number of aryl methyl sites for hydroxylation is 1. The van der Waals surface area contributed by atoms with E-state index in [1.807, 2.05) is 6.92 Å². The second-order valence-electron chi connectivity index (χ2n) is 4.16. The van der Waals surface area contributed by atoms with Gasteiger partial charge in [0.2, 0.25) is 0 Å². The zero-order valence-corrected chi connectivity index (χ0v) is 10.9. The first-order valence-electron chi connectivity index (χ1n) is 5.22. The predicted molar refractivity (Wildman–Crippen MR) is 67.4 cm³/mol. The van der Waals surface area contributed by atoms with Gasteiger partial charge in [-0.1, -0.05) is 5.16 Å². The van der Waals surface area contributed by atoms with Gasteiger partial charge in [0.1, 0.15) is 5.75 Å². The Labute approximate surface area is 105 Å². The highest BCUT2D eigenvalue weighted by atomic mass is 32.2. The average molecular weight is 267 g/mol. The van der Waals surface area contributed by atoms with E-state index in [9.17, 15) is 8.42 Å². The molecular formula is C11H13N3O3S. The van der Waals surface area contributed by atoms with Crippen LogP contribution >= 0.6 is 0 Å². The van der Waals surface area contributed by atoms with E-state index in [0.29, 0.717) is 11.6 Å². The lowest BCUT2D eigenvalue weighted by molar-refractivity contribution is 0.424. The van der Waals surface area contributed by atoms with Gasteiger partial charge in [-0.2, -0.15) is 4.98 Å². The van der Waals surface area contributed by atoms with Gasteiger partial charge < -0.3 is 10.3 Å². The molecular weight excluding hydrogens is 254 g/mol. The molecule has 0 aliphatic carbocycles. The maximum absolute atomic E-state index is 11.1. The van der Waals surface area contributed by atoms with Crippen LogP contribution < -0.4 is 5.73 Å². The molecule has 2 N–H and O–H groups in total. The average Bonchev–Trinajstić information content (AvgIpc) is 2.63. The number of nitrogens with two attached hydrogens (primary N) is 1. The zero-order valence-electron chi connectivity index (χ0n) is 10.0. The van der Waals surface area contributed by atoms with Gasteiger partial charge in [0, 0.05) is 17.5 Å². The summed E-state index contributed by atoms with van der Waals surface area (Å²) in [5.74, 6) is 0.222. The van der Waals surface area contributed by atoms with Gasteiger partial charge in [-0.15, -0.1) is 0 Å². The van der Waals surface area contributed by atoms with Gasteiger partial charge in [-0.05, 0) is 30.7 Å². The second-order valence-corrected chi connectivity index (χ2v) is 6.30. The fourth-order valence-corrected chi connectivity index (χ4v) is 2.17. The minimum atomic E-state index is -3.17. The Kier molecular flexibility index (Phi) is 3.08. The number of rotatable bonds is 3. The predicted octanol–water partition coefficient (Wildman–Crippen LogP) is 1.17. The van der Waals surface area contributed by atoms with Crippen molar-refractivity contribution in [3.63, 3.8) is 0 Å². The number of nitrogens with zero attached hydrogens (tertiary/aromatic N) is 2. The Morgan fingerprint density at radius 1 is 1.39 bits per heavy atom. The molecule has 1 aromatic carbocycles. The number of nitrogen functional groups attached to an aromatic ring is 1. The summed E-state index contributed by atoms with van der Waals surface area (Å²) < 4.78 is 27.3. The molecule has 0 saturated carbocycles. The molecule has 2 rings (SSSR count). The minimum Gasteiger partial charge on any atom is -0.399 e. The third-order valence-electron chi connectivity index (χ3n) is 2.34. The van der Waals surface area contributed by atoms with Gasteiger partial charge in [0.15, 0.2) is 15.7 Å². The molecule has 18 heavy (non-hydrogen) atoms. The highest BCUT2D eigenvalue weighted by molar-refractivity contribution is 7.89. The highest BCUT2D eigenvalue weighted by Crippen LogP contribution is 2.23. The van der Waals surface area contributed by atoms with Crippen LogP contribution in [-0.2, 0) is 15.6 Å². The van der Waals surface area contributed by atoms with Crippen molar-refractivity contribution in [3.8, 4) is 11.5 Å². The first kappa shape index (κ1) is 12.6. The molecule has 0 unspecified atom stereocenters. The van der Waals surface area contributed by atoms with Crippen LogP contribution in [0.5, 0.6) is 0 Å². The van der Waals surface area contributed by atoms with Crippen LogP contribution in [0.2, 0.25) is 0 Å². The third kappa shape index (κ3) is 2.86. The fourth-order valence-electron chi connectivity index (χ4n) is 1.58. The molecule has 0 aliphatic heterocycles. The lowest BCUT2D eigenvalue weighted by atomic mass is 10.1. The van der Waals surface area contributed by atoms with Gasteiger partial charge in [-0.3, -0.25) is 0 Å². The quantitative estimate of drug-likeness (QED) is 0.838. The molecule has 0 saturated heterocycles. The number of hydrogen-bond donors (Lipinski definition) is 1. The second kappa shape index (κ2) is 4.41. The number of anilines is 1. The Bertz CT molecular complexity index is 677. The van der Waals surface area contributed by atoms with Crippen molar-refractivity contribution in [1.82, 2.24) is 10.1 Å². The van der Waals surface area contributed by atoms with Gasteiger partial charge in [0.05, 0.1) is 0 Å². The molecule has 0 fully saturated rings. The molecule has 0 radical (unpaired) electrons. The molecule has 0 atom stereocenters. The lowest BCUT2D eigenvalue weighted by Crippen LogP contribution is -2.02. The summed E-state index contributed by atoms with van der Waals surface area (Å²) in [5.41, 5.74) is 7.93. The Morgan fingerprint density at radius 3 is 2.72 bits per heavy atom. The summed E-state index contributed by atoms with van der Waals surface area (Å²) in [5, 5.41) is 3.64. The molecule has 1 aromatic heterocycles. The van der Waals surface area contributed by atoms with Crippen LogP contribution in [0.3, 0.4) is 0 Å². The monoisotopic (exact) mass is 267 g/mol. The molecule has 0 amide bonds. The maximum Gasteiger partial charge on any atom is 0.258 e. The van der Waals surface area contributed by atoms with Gasteiger partial charge in [-0.25, -0.2) is 8.42 Å². The molecule has 1 heterocycles. The van der Waals surface area contributed by atoms with E-state index >= 15 is 0 Å². The van der Waals surface area contributed by atoms with Crippen molar-refractivity contribution in [2.45, 2.75) is 12.7 Å². The molecule has 0 aliphatic rings.